The Hall–Kier alpha value is -2.77. The van der Waals surface area contributed by atoms with Crippen LogP contribution >= 0.6 is 11.3 Å². The third-order valence-corrected chi connectivity index (χ3v) is 5.74. The average Bonchev–Trinajstić information content (AvgIpc) is 3.13. The van der Waals surface area contributed by atoms with Crippen molar-refractivity contribution in [3.8, 4) is 0 Å². The van der Waals surface area contributed by atoms with Crippen molar-refractivity contribution in [2.24, 2.45) is 4.99 Å². The van der Waals surface area contributed by atoms with Gasteiger partial charge in [0.25, 0.3) is 0 Å². The van der Waals surface area contributed by atoms with E-state index in [2.05, 4.69) is 51.3 Å². The first-order valence-electron chi connectivity index (χ1n) is 9.70. The number of nitrogens with one attached hydrogen (secondary N) is 1. The van der Waals surface area contributed by atoms with Crippen LogP contribution in [0.4, 0.5) is 11.5 Å². The van der Waals surface area contributed by atoms with Crippen LogP contribution in [-0.4, -0.2) is 42.0 Å². The highest BCUT2D eigenvalue weighted by atomic mass is 32.1. The molecule has 0 unspecified atom stereocenters. The molecule has 2 aromatic rings. The van der Waals surface area contributed by atoms with Crippen molar-refractivity contribution in [1.82, 2.24) is 9.97 Å². The van der Waals surface area contributed by atoms with Gasteiger partial charge < -0.3 is 15.0 Å². The number of aromatic nitrogens is 2. The molecule has 1 saturated heterocycles. The second-order valence-electron chi connectivity index (χ2n) is 6.54. The van der Waals surface area contributed by atoms with E-state index in [4.69, 9.17) is 4.74 Å². The second kappa shape index (κ2) is 10.1. The minimum atomic E-state index is 0.520. The fourth-order valence-electron chi connectivity index (χ4n) is 2.95. The Kier molecular flexibility index (Phi) is 7.32. The number of hydrogen-bond donors (Lipinski definition) is 1. The maximum atomic E-state index is 5.40. The van der Waals surface area contributed by atoms with E-state index in [1.165, 1.54) is 0 Å². The van der Waals surface area contributed by atoms with E-state index in [1.54, 1.807) is 17.4 Å². The summed E-state index contributed by atoms with van der Waals surface area (Å²) in [4.78, 5) is 17.1. The van der Waals surface area contributed by atoms with Crippen molar-refractivity contribution in [1.29, 1.82) is 0 Å². The summed E-state index contributed by atoms with van der Waals surface area (Å²) in [6.45, 7) is 15.2. The highest BCUT2D eigenvalue weighted by Crippen LogP contribution is 2.22. The Morgan fingerprint density at radius 1 is 1.38 bits per heavy atom. The zero-order chi connectivity index (χ0) is 20.6. The number of anilines is 2. The van der Waals surface area contributed by atoms with Crippen molar-refractivity contribution < 1.29 is 4.74 Å². The number of nitrogens with zero attached hydrogens (tertiary/aromatic N) is 4. The van der Waals surface area contributed by atoms with Crippen molar-refractivity contribution in [2.75, 3.05) is 36.5 Å². The van der Waals surface area contributed by atoms with Crippen LogP contribution in [0.25, 0.3) is 0 Å². The molecular formula is C22H27N5OS. The molecule has 152 valence electrons. The molecule has 1 fully saturated rings. The van der Waals surface area contributed by atoms with Gasteiger partial charge in [-0.3, -0.25) is 0 Å². The number of hydrogen-bond acceptors (Lipinski definition) is 7. The fourth-order valence-corrected chi connectivity index (χ4v) is 3.93. The Balaban J connectivity index is 1.74. The van der Waals surface area contributed by atoms with Gasteiger partial charge in [-0.05, 0) is 31.6 Å². The van der Waals surface area contributed by atoms with E-state index in [9.17, 15) is 0 Å². The van der Waals surface area contributed by atoms with Crippen LogP contribution in [0.2, 0.25) is 0 Å². The number of ether oxygens (including phenoxy) is 1. The molecule has 2 aromatic heterocycles. The van der Waals surface area contributed by atoms with E-state index in [-0.39, 0.29) is 0 Å². The molecule has 7 heteroatoms. The molecule has 0 aliphatic carbocycles. The van der Waals surface area contributed by atoms with E-state index >= 15 is 0 Å². The lowest BCUT2D eigenvalue weighted by Gasteiger charge is -2.28. The van der Waals surface area contributed by atoms with Gasteiger partial charge in [-0.15, -0.1) is 11.3 Å². The summed E-state index contributed by atoms with van der Waals surface area (Å²) in [5.41, 5.74) is 2.87. The van der Waals surface area contributed by atoms with Crippen molar-refractivity contribution >= 4 is 28.6 Å². The molecule has 0 atom stereocenters. The number of rotatable bonds is 8. The first-order chi connectivity index (χ1) is 14.1. The smallest absolute Gasteiger partial charge is 0.131 e. The van der Waals surface area contributed by atoms with Crippen LogP contribution in [0.3, 0.4) is 0 Å². The second-order valence-corrected chi connectivity index (χ2v) is 7.62. The van der Waals surface area contributed by atoms with Crippen LogP contribution in [0.1, 0.15) is 22.5 Å². The molecular weight excluding hydrogens is 382 g/mol. The van der Waals surface area contributed by atoms with Gasteiger partial charge in [0, 0.05) is 13.1 Å². The lowest BCUT2D eigenvalue weighted by Crippen LogP contribution is -2.36. The molecule has 0 spiro atoms. The molecule has 0 radical (unpaired) electrons. The van der Waals surface area contributed by atoms with Crippen molar-refractivity contribution in [3.05, 3.63) is 71.1 Å². The first kappa shape index (κ1) is 21.0. The highest BCUT2D eigenvalue weighted by Gasteiger charge is 2.13. The molecule has 3 heterocycles. The largest absolute Gasteiger partial charge is 0.378 e. The van der Waals surface area contributed by atoms with E-state index in [0.717, 1.165) is 59.7 Å². The van der Waals surface area contributed by atoms with Gasteiger partial charge in [-0.25, -0.2) is 15.0 Å². The Bertz CT molecular complexity index is 908. The first-order valence-corrected chi connectivity index (χ1v) is 10.5. The van der Waals surface area contributed by atoms with Crippen LogP contribution in [0, 0.1) is 6.92 Å². The minimum Gasteiger partial charge on any atom is -0.378 e. The molecule has 0 aromatic carbocycles. The molecule has 1 N–H and O–H groups in total. The molecule has 1 aliphatic rings. The summed E-state index contributed by atoms with van der Waals surface area (Å²) in [6, 6.07) is 3.99. The zero-order valence-corrected chi connectivity index (χ0v) is 17.8. The average molecular weight is 410 g/mol. The Morgan fingerprint density at radius 2 is 2.17 bits per heavy atom. The van der Waals surface area contributed by atoms with Gasteiger partial charge in [0.05, 0.1) is 46.4 Å². The third-order valence-electron chi connectivity index (χ3n) is 4.42. The van der Waals surface area contributed by atoms with Gasteiger partial charge in [-0.2, -0.15) is 0 Å². The van der Waals surface area contributed by atoms with Crippen LogP contribution < -0.4 is 10.2 Å². The number of thiazole rings is 1. The van der Waals surface area contributed by atoms with E-state index in [0.29, 0.717) is 11.6 Å². The van der Waals surface area contributed by atoms with Gasteiger partial charge in [0.15, 0.2) is 0 Å². The molecule has 29 heavy (non-hydrogen) atoms. The van der Waals surface area contributed by atoms with Gasteiger partial charge in [0.1, 0.15) is 11.6 Å². The summed E-state index contributed by atoms with van der Waals surface area (Å²) in [5.74, 6) is 1.23. The topological polar surface area (TPSA) is 62.6 Å². The van der Waals surface area contributed by atoms with Crippen LogP contribution in [0.15, 0.2) is 60.5 Å². The van der Waals surface area contributed by atoms with Crippen molar-refractivity contribution in [3.63, 3.8) is 0 Å². The number of aliphatic imine (C=N–C) groups is 1. The number of morpholine rings is 1. The van der Waals surface area contributed by atoms with Crippen LogP contribution in [-0.2, 0) is 11.2 Å². The minimum absolute atomic E-state index is 0.520. The normalized spacial score (nSPS) is 15.0. The summed E-state index contributed by atoms with van der Waals surface area (Å²) < 4.78 is 5.40. The predicted molar refractivity (Wildman–Crippen MR) is 122 cm³/mol. The lowest BCUT2D eigenvalue weighted by atomic mass is 10.2. The standard InChI is InChI=1S/C22H27N5OS/c1-5-7-8-19(22-16(3)24-21(6-2)29-22)25-17(4)26-20-10-9-18(15-23-20)27-11-13-28-14-12-27/h5,7-10,15H,1,4,6,11-14H2,2-3H3,(H,23,26)/b8-7-,25-19?. The Morgan fingerprint density at radius 3 is 2.79 bits per heavy atom. The molecule has 0 saturated carbocycles. The van der Waals surface area contributed by atoms with Gasteiger partial charge in [0.2, 0.25) is 0 Å². The number of pyridine rings is 1. The molecule has 0 bridgehead atoms. The van der Waals surface area contributed by atoms with E-state index in [1.807, 2.05) is 31.3 Å². The van der Waals surface area contributed by atoms with Gasteiger partial charge in [-0.1, -0.05) is 32.2 Å². The third kappa shape index (κ3) is 5.62. The summed E-state index contributed by atoms with van der Waals surface area (Å²) in [5, 5.41) is 4.27. The molecule has 3 rings (SSSR count). The molecule has 6 nitrogen and oxygen atoms in total. The summed E-state index contributed by atoms with van der Waals surface area (Å²) in [6.07, 6.45) is 8.29. The molecule has 0 amide bonds. The maximum Gasteiger partial charge on any atom is 0.131 e. The number of aryl methyl sites for hydroxylation is 2. The summed E-state index contributed by atoms with van der Waals surface area (Å²) >= 11 is 1.66. The van der Waals surface area contributed by atoms with Gasteiger partial charge >= 0.3 is 0 Å². The number of allylic oxidation sites excluding steroid dienone is 3. The Labute approximate surface area is 176 Å². The monoisotopic (exact) mass is 409 g/mol. The fraction of sp³-hybridized carbons (Fsp3) is 0.318. The highest BCUT2D eigenvalue weighted by molar-refractivity contribution is 7.14. The maximum absolute atomic E-state index is 5.40. The predicted octanol–water partition coefficient (Wildman–Crippen LogP) is 4.36. The van der Waals surface area contributed by atoms with Crippen molar-refractivity contribution in [2.45, 2.75) is 20.3 Å². The lowest BCUT2D eigenvalue weighted by molar-refractivity contribution is 0.122. The van der Waals surface area contributed by atoms with Crippen LogP contribution in [0.5, 0.6) is 0 Å². The zero-order valence-electron chi connectivity index (χ0n) is 17.0. The summed E-state index contributed by atoms with van der Waals surface area (Å²) in [7, 11) is 0. The van der Waals surface area contributed by atoms with E-state index < -0.39 is 0 Å². The SMILES string of the molecule is C=C/C=C\C(=NC(=C)Nc1ccc(N2CCOCC2)cn1)c1sc(CC)nc1C. The quantitative estimate of drug-likeness (QED) is 0.518. The molecule has 1 aliphatic heterocycles.